The first kappa shape index (κ1) is 22.7. The molecule has 0 unspecified atom stereocenters. The Balaban J connectivity index is 1.24. The van der Waals surface area contributed by atoms with Crippen LogP contribution in [0.2, 0.25) is 0 Å². The molecule has 1 N–H and O–H groups in total. The number of amides is 2. The number of piperidine rings is 1. The first-order valence-corrected chi connectivity index (χ1v) is 13.0. The van der Waals surface area contributed by atoms with Crippen LogP contribution in [0.25, 0.3) is 0 Å². The molecule has 2 saturated heterocycles. The van der Waals surface area contributed by atoms with E-state index in [9.17, 15) is 9.59 Å². The van der Waals surface area contributed by atoms with Gasteiger partial charge in [-0.15, -0.1) is 11.3 Å². The van der Waals surface area contributed by atoms with Crippen molar-refractivity contribution < 1.29 is 9.59 Å². The average Bonchev–Trinajstić information content (AvgIpc) is 3.23. The zero-order valence-corrected chi connectivity index (χ0v) is 20.0. The molecule has 1 aromatic heterocycles. The minimum absolute atomic E-state index is 0.0397. The van der Waals surface area contributed by atoms with Gasteiger partial charge in [-0.1, -0.05) is 13.8 Å². The molecule has 1 aromatic rings. The quantitative estimate of drug-likeness (QED) is 0.729. The second-order valence-electron chi connectivity index (χ2n) is 9.54. The van der Waals surface area contributed by atoms with Gasteiger partial charge < -0.3 is 15.1 Å². The van der Waals surface area contributed by atoms with Crippen molar-refractivity contribution in [2.24, 2.45) is 11.8 Å². The van der Waals surface area contributed by atoms with Gasteiger partial charge in [-0.05, 0) is 56.2 Å². The van der Waals surface area contributed by atoms with E-state index in [1.807, 2.05) is 4.90 Å². The summed E-state index contributed by atoms with van der Waals surface area (Å²) in [6.07, 6.45) is 4.79. The highest BCUT2D eigenvalue weighted by molar-refractivity contribution is 7.14. The summed E-state index contributed by atoms with van der Waals surface area (Å²) in [5.74, 6) is 1.14. The van der Waals surface area contributed by atoms with E-state index in [-0.39, 0.29) is 17.7 Å². The number of carbonyl (C=O) groups excluding carboxylic acids is 2. The molecule has 1 atom stereocenters. The number of nitrogens with one attached hydrogen (secondary N) is 1. The number of hydrogen-bond acceptors (Lipinski definition) is 5. The van der Waals surface area contributed by atoms with Crippen molar-refractivity contribution in [1.82, 2.24) is 20.0 Å². The van der Waals surface area contributed by atoms with E-state index < -0.39 is 0 Å². The lowest BCUT2D eigenvalue weighted by atomic mass is 9.87. The van der Waals surface area contributed by atoms with E-state index in [0.717, 1.165) is 102 Å². The predicted molar refractivity (Wildman–Crippen MR) is 126 cm³/mol. The highest BCUT2D eigenvalue weighted by atomic mass is 32.1. The molecule has 31 heavy (non-hydrogen) atoms. The molecule has 0 bridgehead atoms. The molecule has 3 heterocycles. The molecular weight excluding hydrogens is 408 g/mol. The molecule has 0 radical (unpaired) electrons. The molecule has 2 amide bonds. The van der Waals surface area contributed by atoms with Crippen LogP contribution in [-0.2, 0) is 17.6 Å². The fourth-order valence-corrected chi connectivity index (χ4v) is 6.21. The van der Waals surface area contributed by atoms with Crippen LogP contribution in [0.3, 0.4) is 0 Å². The number of thiophene rings is 1. The second kappa shape index (κ2) is 10.5. The average molecular weight is 447 g/mol. The summed E-state index contributed by atoms with van der Waals surface area (Å²) in [4.78, 5) is 34.8. The molecule has 4 rings (SSSR count). The molecule has 172 valence electrons. The van der Waals surface area contributed by atoms with Crippen LogP contribution in [0.15, 0.2) is 6.07 Å². The third-order valence-electron chi connectivity index (χ3n) is 7.37. The third-order valence-corrected chi connectivity index (χ3v) is 8.60. The van der Waals surface area contributed by atoms with Gasteiger partial charge in [0, 0.05) is 63.2 Å². The lowest BCUT2D eigenvalue weighted by Gasteiger charge is -2.34. The van der Waals surface area contributed by atoms with Crippen LogP contribution >= 0.6 is 11.3 Å². The molecule has 0 aromatic carbocycles. The van der Waals surface area contributed by atoms with E-state index in [2.05, 4.69) is 35.0 Å². The molecule has 1 aliphatic carbocycles. The normalized spacial score (nSPS) is 23.5. The van der Waals surface area contributed by atoms with Crippen molar-refractivity contribution in [1.29, 1.82) is 0 Å². The van der Waals surface area contributed by atoms with Crippen LogP contribution in [0.4, 0.5) is 0 Å². The van der Waals surface area contributed by atoms with Gasteiger partial charge in [0.05, 0.1) is 4.88 Å². The topological polar surface area (TPSA) is 55.9 Å². The zero-order chi connectivity index (χ0) is 21.8. The first-order chi connectivity index (χ1) is 15.0. The summed E-state index contributed by atoms with van der Waals surface area (Å²) < 4.78 is 0. The molecule has 6 nitrogen and oxygen atoms in total. The first-order valence-electron chi connectivity index (χ1n) is 12.2. The number of piperazine rings is 1. The van der Waals surface area contributed by atoms with Crippen molar-refractivity contribution in [3.8, 4) is 0 Å². The number of nitrogens with zero attached hydrogens (tertiary/aromatic N) is 3. The molecule has 0 saturated carbocycles. The second-order valence-corrected chi connectivity index (χ2v) is 10.7. The van der Waals surface area contributed by atoms with Gasteiger partial charge in [0.15, 0.2) is 0 Å². The fraction of sp³-hybridized carbons (Fsp3) is 0.750. The van der Waals surface area contributed by atoms with Crippen molar-refractivity contribution in [2.75, 3.05) is 58.9 Å². The minimum atomic E-state index is 0.0397. The number of hydrogen-bond donors (Lipinski definition) is 1. The number of carbonyl (C=O) groups is 2. The molecule has 0 spiro atoms. The zero-order valence-electron chi connectivity index (χ0n) is 19.2. The maximum absolute atomic E-state index is 12.9. The largest absolute Gasteiger partial charge is 0.355 e. The van der Waals surface area contributed by atoms with Gasteiger partial charge in [-0.2, -0.15) is 0 Å². The smallest absolute Gasteiger partial charge is 0.263 e. The summed E-state index contributed by atoms with van der Waals surface area (Å²) in [5, 5.41) is 3.18. The van der Waals surface area contributed by atoms with E-state index in [1.165, 1.54) is 10.4 Å². The third kappa shape index (κ3) is 5.68. The summed E-state index contributed by atoms with van der Waals surface area (Å²) in [5.41, 5.74) is 1.22. The Labute approximate surface area is 191 Å². The van der Waals surface area contributed by atoms with Crippen LogP contribution in [0.1, 0.15) is 53.2 Å². The lowest BCUT2D eigenvalue weighted by molar-refractivity contribution is -0.125. The van der Waals surface area contributed by atoms with Gasteiger partial charge in [-0.25, -0.2) is 0 Å². The fourth-order valence-electron chi connectivity index (χ4n) is 5.03. The van der Waals surface area contributed by atoms with Gasteiger partial charge in [0.2, 0.25) is 5.91 Å². The molecule has 2 aliphatic heterocycles. The molecular formula is C24H38N4O2S. The van der Waals surface area contributed by atoms with Gasteiger partial charge in [0.1, 0.15) is 0 Å². The van der Waals surface area contributed by atoms with E-state index in [4.69, 9.17) is 0 Å². The van der Waals surface area contributed by atoms with Gasteiger partial charge in [-0.3, -0.25) is 14.5 Å². The van der Waals surface area contributed by atoms with E-state index in [0.29, 0.717) is 0 Å². The Kier molecular flexibility index (Phi) is 7.67. The summed E-state index contributed by atoms with van der Waals surface area (Å²) in [7, 11) is 0. The standard InChI is InChI=1S/C24H38N4O2S/c1-3-26-12-14-27(15-13-26)11-8-25-23(29)19-4-5-21-20(16-19)17-22(31-21)24(30)28-9-6-18(2)7-10-28/h17-19H,3-16H2,1-2H3,(H,25,29)/t19-/m1/s1. The Morgan fingerprint density at radius 2 is 1.77 bits per heavy atom. The van der Waals surface area contributed by atoms with Crippen LogP contribution in [0, 0.1) is 11.8 Å². The minimum Gasteiger partial charge on any atom is -0.355 e. The SMILES string of the molecule is CCN1CCN(CCNC(=O)[C@@H]2CCc3sc(C(=O)N4CCC(C)CC4)cc3C2)CC1. The van der Waals surface area contributed by atoms with Crippen molar-refractivity contribution in [2.45, 2.75) is 46.0 Å². The maximum Gasteiger partial charge on any atom is 0.263 e. The Morgan fingerprint density at radius 1 is 1.06 bits per heavy atom. The number of rotatable bonds is 6. The Morgan fingerprint density at radius 3 is 2.48 bits per heavy atom. The summed E-state index contributed by atoms with van der Waals surface area (Å²) in [6.45, 7) is 13.5. The van der Waals surface area contributed by atoms with Crippen molar-refractivity contribution in [3.05, 3.63) is 21.4 Å². The lowest BCUT2D eigenvalue weighted by Crippen LogP contribution is -2.48. The predicted octanol–water partition coefficient (Wildman–Crippen LogP) is 2.48. The Hall–Kier alpha value is -1.44. The van der Waals surface area contributed by atoms with Crippen LogP contribution in [-0.4, -0.2) is 85.4 Å². The molecule has 2 fully saturated rings. The molecule has 3 aliphatic rings. The molecule has 7 heteroatoms. The van der Waals surface area contributed by atoms with Gasteiger partial charge in [0.25, 0.3) is 5.91 Å². The van der Waals surface area contributed by atoms with Crippen LogP contribution < -0.4 is 5.32 Å². The maximum atomic E-state index is 12.9. The highest BCUT2D eigenvalue weighted by Gasteiger charge is 2.29. The Bertz CT molecular complexity index is 764. The van der Waals surface area contributed by atoms with Crippen molar-refractivity contribution >= 4 is 23.2 Å². The monoisotopic (exact) mass is 446 g/mol. The number of fused-ring (bicyclic) bond motifs is 1. The van der Waals surface area contributed by atoms with E-state index >= 15 is 0 Å². The summed E-state index contributed by atoms with van der Waals surface area (Å²) >= 11 is 1.66. The number of likely N-dealkylation sites (N-methyl/N-ethyl adjacent to an activating group) is 1. The number of aryl methyl sites for hydroxylation is 1. The van der Waals surface area contributed by atoms with Crippen LogP contribution in [0.5, 0.6) is 0 Å². The number of likely N-dealkylation sites (tertiary alicyclic amines) is 1. The highest BCUT2D eigenvalue weighted by Crippen LogP contribution is 2.33. The van der Waals surface area contributed by atoms with E-state index in [1.54, 1.807) is 11.3 Å². The summed E-state index contributed by atoms with van der Waals surface area (Å²) in [6, 6.07) is 2.08. The van der Waals surface area contributed by atoms with Crippen molar-refractivity contribution in [3.63, 3.8) is 0 Å². The van der Waals surface area contributed by atoms with Gasteiger partial charge >= 0.3 is 0 Å².